The van der Waals surface area contributed by atoms with Crippen LogP contribution in [-0.4, -0.2) is 17.0 Å². The van der Waals surface area contributed by atoms with Gasteiger partial charge in [0.15, 0.2) is 0 Å². The minimum atomic E-state index is 0.834. The maximum atomic E-state index is 3.40. The highest BCUT2D eigenvalue weighted by molar-refractivity contribution is 14.1. The molecular weight excluding hydrogens is 201 g/mol. The van der Waals surface area contributed by atoms with E-state index < -0.39 is 0 Å². The van der Waals surface area contributed by atoms with Crippen LogP contribution in [0.3, 0.4) is 0 Å². The standard InChI is InChI=1S/C5H10IN/c6-4-5-2-1-3-7-5/h5,7H,1-4H2/t5-/m0/s1. The van der Waals surface area contributed by atoms with Gasteiger partial charge in [-0.15, -0.1) is 0 Å². The number of hydrogen-bond donors (Lipinski definition) is 1. The number of nitrogens with one attached hydrogen (secondary N) is 1. The summed E-state index contributed by atoms with van der Waals surface area (Å²) in [6.45, 7) is 1.24. The third kappa shape index (κ3) is 1.57. The molecule has 1 nitrogen and oxygen atoms in total. The zero-order valence-corrected chi connectivity index (χ0v) is 6.44. The summed E-state index contributed by atoms with van der Waals surface area (Å²) in [4.78, 5) is 0. The fraction of sp³-hybridized carbons (Fsp3) is 1.00. The molecule has 7 heavy (non-hydrogen) atoms. The topological polar surface area (TPSA) is 12.0 Å². The van der Waals surface area contributed by atoms with Crippen molar-refractivity contribution in [1.29, 1.82) is 0 Å². The van der Waals surface area contributed by atoms with Gasteiger partial charge < -0.3 is 5.32 Å². The normalized spacial score (nSPS) is 31.3. The molecule has 1 saturated heterocycles. The summed E-state index contributed by atoms with van der Waals surface area (Å²) in [6, 6.07) is 0.834. The van der Waals surface area contributed by atoms with Crippen molar-refractivity contribution in [3.8, 4) is 0 Å². The third-order valence-electron chi connectivity index (χ3n) is 1.35. The lowest BCUT2D eigenvalue weighted by Gasteiger charge is -2.01. The Labute approximate surface area is 58.0 Å². The van der Waals surface area contributed by atoms with E-state index in [0.717, 1.165) is 6.04 Å². The van der Waals surface area contributed by atoms with Gasteiger partial charge in [-0.1, -0.05) is 22.6 Å². The van der Waals surface area contributed by atoms with Crippen molar-refractivity contribution in [3.63, 3.8) is 0 Å². The first-order chi connectivity index (χ1) is 3.43. The molecule has 42 valence electrons. The zero-order valence-electron chi connectivity index (χ0n) is 4.28. The average molecular weight is 211 g/mol. The minimum absolute atomic E-state index is 0.834. The smallest absolute Gasteiger partial charge is 0.0157 e. The van der Waals surface area contributed by atoms with Gasteiger partial charge in [-0.2, -0.15) is 0 Å². The number of rotatable bonds is 1. The van der Waals surface area contributed by atoms with E-state index in [2.05, 4.69) is 27.9 Å². The molecule has 1 atom stereocenters. The van der Waals surface area contributed by atoms with Gasteiger partial charge in [-0.25, -0.2) is 0 Å². The summed E-state index contributed by atoms with van der Waals surface area (Å²) < 4.78 is 1.28. The minimum Gasteiger partial charge on any atom is -0.313 e. The number of hydrogen-bond acceptors (Lipinski definition) is 1. The summed E-state index contributed by atoms with van der Waals surface area (Å²) in [6.07, 6.45) is 2.77. The highest BCUT2D eigenvalue weighted by Crippen LogP contribution is 2.06. The van der Waals surface area contributed by atoms with E-state index in [1.807, 2.05) is 0 Å². The predicted octanol–water partition coefficient (Wildman–Crippen LogP) is 1.17. The van der Waals surface area contributed by atoms with Crippen LogP contribution in [-0.2, 0) is 0 Å². The molecule has 0 saturated carbocycles. The van der Waals surface area contributed by atoms with Crippen LogP contribution in [0.5, 0.6) is 0 Å². The van der Waals surface area contributed by atoms with Gasteiger partial charge in [0.1, 0.15) is 0 Å². The molecule has 0 aromatic carbocycles. The molecule has 0 radical (unpaired) electrons. The largest absolute Gasteiger partial charge is 0.313 e. The first kappa shape index (κ1) is 5.82. The average Bonchev–Trinajstić information content (AvgIpc) is 2.14. The maximum Gasteiger partial charge on any atom is 0.0157 e. The Morgan fingerprint density at radius 3 is 2.86 bits per heavy atom. The Kier molecular flexibility index (Phi) is 2.38. The van der Waals surface area contributed by atoms with Crippen molar-refractivity contribution >= 4 is 22.6 Å². The van der Waals surface area contributed by atoms with Crippen LogP contribution in [0.25, 0.3) is 0 Å². The van der Waals surface area contributed by atoms with Crippen molar-refractivity contribution in [2.75, 3.05) is 11.0 Å². The van der Waals surface area contributed by atoms with Gasteiger partial charge in [-0.3, -0.25) is 0 Å². The second-order valence-corrected chi connectivity index (χ2v) is 2.83. The predicted molar refractivity (Wildman–Crippen MR) is 39.9 cm³/mol. The van der Waals surface area contributed by atoms with Crippen LogP contribution in [0.4, 0.5) is 0 Å². The quantitative estimate of drug-likeness (QED) is 0.507. The van der Waals surface area contributed by atoms with Crippen LogP contribution in [0, 0.1) is 0 Å². The molecule has 0 unspecified atom stereocenters. The molecule has 1 aliphatic rings. The molecule has 1 N–H and O–H groups in total. The van der Waals surface area contributed by atoms with E-state index in [1.54, 1.807) is 0 Å². The Balaban J connectivity index is 2.14. The molecule has 0 aliphatic carbocycles. The molecule has 1 heterocycles. The highest BCUT2D eigenvalue weighted by atomic mass is 127. The van der Waals surface area contributed by atoms with E-state index in [9.17, 15) is 0 Å². The summed E-state index contributed by atoms with van der Waals surface area (Å²) in [5.74, 6) is 0. The molecule has 0 aromatic rings. The molecule has 1 rings (SSSR count). The first-order valence-corrected chi connectivity index (χ1v) is 4.25. The van der Waals surface area contributed by atoms with Crippen LogP contribution in [0.1, 0.15) is 12.8 Å². The lowest BCUT2D eigenvalue weighted by Crippen LogP contribution is -2.21. The van der Waals surface area contributed by atoms with Crippen LogP contribution in [0.2, 0.25) is 0 Å². The van der Waals surface area contributed by atoms with Crippen molar-refractivity contribution < 1.29 is 0 Å². The van der Waals surface area contributed by atoms with Crippen molar-refractivity contribution in [3.05, 3.63) is 0 Å². The van der Waals surface area contributed by atoms with Crippen molar-refractivity contribution in [2.45, 2.75) is 18.9 Å². The van der Waals surface area contributed by atoms with Gasteiger partial charge in [-0.05, 0) is 19.4 Å². The van der Waals surface area contributed by atoms with E-state index in [-0.39, 0.29) is 0 Å². The summed E-state index contributed by atoms with van der Waals surface area (Å²) >= 11 is 2.43. The lowest BCUT2D eigenvalue weighted by molar-refractivity contribution is 0.682. The Morgan fingerprint density at radius 2 is 2.57 bits per heavy atom. The van der Waals surface area contributed by atoms with Crippen LogP contribution >= 0.6 is 22.6 Å². The maximum absolute atomic E-state index is 3.40. The van der Waals surface area contributed by atoms with Crippen molar-refractivity contribution in [1.82, 2.24) is 5.32 Å². The molecule has 0 spiro atoms. The summed E-state index contributed by atoms with van der Waals surface area (Å²) in [5, 5.41) is 3.40. The lowest BCUT2D eigenvalue weighted by atomic mass is 10.3. The van der Waals surface area contributed by atoms with Crippen LogP contribution < -0.4 is 5.32 Å². The zero-order chi connectivity index (χ0) is 5.11. The molecule has 0 bridgehead atoms. The van der Waals surface area contributed by atoms with Crippen molar-refractivity contribution in [2.24, 2.45) is 0 Å². The van der Waals surface area contributed by atoms with Gasteiger partial charge in [0.25, 0.3) is 0 Å². The molecular formula is C5H10IN. The molecule has 2 heteroatoms. The Hall–Kier alpha value is 0.690. The molecule has 0 amide bonds. The highest BCUT2D eigenvalue weighted by Gasteiger charge is 2.10. The summed E-state index contributed by atoms with van der Waals surface area (Å²) in [5.41, 5.74) is 0. The molecule has 0 aromatic heterocycles. The van der Waals surface area contributed by atoms with Gasteiger partial charge in [0.2, 0.25) is 0 Å². The second kappa shape index (κ2) is 2.87. The van der Waals surface area contributed by atoms with Crippen LogP contribution in [0.15, 0.2) is 0 Å². The number of alkyl halides is 1. The van der Waals surface area contributed by atoms with E-state index in [1.165, 1.54) is 23.8 Å². The third-order valence-corrected chi connectivity index (χ3v) is 2.41. The monoisotopic (exact) mass is 211 g/mol. The van der Waals surface area contributed by atoms with Gasteiger partial charge in [0.05, 0.1) is 0 Å². The van der Waals surface area contributed by atoms with E-state index in [0.29, 0.717) is 0 Å². The second-order valence-electron chi connectivity index (χ2n) is 1.95. The Morgan fingerprint density at radius 1 is 1.71 bits per heavy atom. The Bertz CT molecular complexity index is 50.0. The molecule has 1 aliphatic heterocycles. The summed E-state index contributed by atoms with van der Waals surface area (Å²) in [7, 11) is 0. The fourth-order valence-corrected chi connectivity index (χ4v) is 1.64. The van der Waals surface area contributed by atoms with E-state index >= 15 is 0 Å². The van der Waals surface area contributed by atoms with Gasteiger partial charge >= 0.3 is 0 Å². The van der Waals surface area contributed by atoms with E-state index in [4.69, 9.17) is 0 Å². The van der Waals surface area contributed by atoms with Gasteiger partial charge in [0, 0.05) is 10.5 Å². The first-order valence-electron chi connectivity index (χ1n) is 2.73. The number of halogens is 1. The fourth-order valence-electron chi connectivity index (χ4n) is 0.888. The SMILES string of the molecule is IC[C@@H]1CCCN1. The molecule has 1 fully saturated rings.